The minimum absolute atomic E-state index is 0.0831. The molecule has 1 saturated carbocycles. The van der Waals surface area contributed by atoms with Crippen LogP contribution in [0.1, 0.15) is 31.4 Å². The highest BCUT2D eigenvalue weighted by molar-refractivity contribution is 5.75. The maximum Gasteiger partial charge on any atom is 0.346 e. The van der Waals surface area contributed by atoms with Crippen molar-refractivity contribution in [1.82, 2.24) is 25.3 Å². The first-order valence-corrected chi connectivity index (χ1v) is 11.0. The van der Waals surface area contributed by atoms with Crippen molar-refractivity contribution in [3.8, 4) is 11.3 Å². The molecule has 2 aliphatic rings. The molecule has 2 fully saturated rings. The van der Waals surface area contributed by atoms with Crippen LogP contribution in [0.25, 0.3) is 11.3 Å². The van der Waals surface area contributed by atoms with E-state index < -0.39 is 0 Å². The van der Waals surface area contributed by atoms with Gasteiger partial charge in [0.1, 0.15) is 11.5 Å². The summed E-state index contributed by atoms with van der Waals surface area (Å²) in [6.45, 7) is 1.82. The van der Waals surface area contributed by atoms with Gasteiger partial charge in [0.25, 0.3) is 0 Å². The number of carbonyl (C=O) groups is 1. The molecule has 5 rings (SSSR count). The van der Waals surface area contributed by atoms with Crippen LogP contribution in [0.15, 0.2) is 58.0 Å². The van der Waals surface area contributed by atoms with Crippen molar-refractivity contribution in [2.75, 3.05) is 18.0 Å². The summed E-state index contributed by atoms with van der Waals surface area (Å²) >= 11 is 0. The van der Waals surface area contributed by atoms with Crippen molar-refractivity contribution in [2.45, 2.75) is 44.3 Å². The molecule has 9 nitrogen and oxygen atoms in total. The van der Waals surface area contributed by atoms with Crippen LogP contribution in [0.2, 0.25) is 0 Å². The van der Waals surface area contributed by atoms with Gasteiger partial charge >= 0.3 is 11.7 Å². The molecule has 2 aromatic heterocycles. The Labute approximate surface area is 185 Å². The molecule has 9 heteroatoms. The van der Waals surface area contributed by atoms with Crippen molar-refractivity contribution in [3.63, 3.8) is 0 Å². The Balaban J connectivity index is 1.24. The summed E-state index contributed by atoms with van der Waals surface area (Å²) in [7, 11) is 0. The van der Waals surface area contributed by atoms with Crippen LogP contribution in [0.5, 0.6) is 0 Å². The molecule has 0 radical (unpaired) electrons. The lowest BCUT2D eigenvalue weighted by molar-refractivity contribution is 0.159. The average molecular weight is 435 g/mol. The molecule has 1 aliphatic carbocycles. The third kappa shape index (κ3) is 4.51. The third-order valence-corrected chi connectivity index (χ3v) is 6.01. The number of aromatic amines is 1. The van der Waals surface area contributed by atoms with E-state index in [2.05, 4.69) is 25.3 Å². The molecule has 1 saturated heterocycles. The number of carbonyl (C=O) groups excluding carboxylic acids is 1. The summed E-state index contributed by atoms with van der Waals surface area (Å²) in [6.07, 6.45) is 5.46. The van der Waals surface area contributed by atoms with Crippen LogP contribution in [0.4, 0.5) is 10.6 Å². The number of rotatable bonds is 6. The lowest BCUT2D eigenvalue weighted by atomic mass is 10.0. The molecule has 1 atom stereocenters. The smallest absolute Gasteiger partial charge is 0.346 e. The Bertz CT molecular complexity index is 1120. The van der Waals surface area contributed by atoms with Crippen molar-refractivity contribution in [1.29, 1.82) is 0 Å². The number of nitrogens with one attached hydrogen (secondary N) is 2. The van der Waals surface area contributed by atoms with Gasteiger partial charge in [-0.3, -0.25) is 4.98 Å². The molecule has 0 spiro atoms. The molecule has 3 aromatic rings. The maximum absolute atomic E-state index is 13.1. The van der Waals surface area contributed by atoms with E-state index in [0.717, 1.165) is 49.3 Å². The molecule has 2 amide bonds. The molecule has 32 heavy (non-hydrogen) atoms. The van der Waals surface area contributed by atoms with Crippen LogP contribution in [-0.4, -0.2) is 51.2 Å². The molecule has 166 valence electrons. The first-order chi connectivity index (χ1) is 15.7. The van der Waals surface area contributed by atoms with Gasteiger partial charge in [-0.2, -0.15) is 0 Å². The molecule has 0 unspecified atom stereocenters. The van der Waals surface area contributed by atoms with E-state index in [0.29, 0.717) is 12.3 Å². The number of H-pyrrole nitrogens is 1. The van der Waals surface area contributed by atoms with Gasteiger partial charge in [-0.1, -0.05) is 35.5 Å². The monoisotopic (exact) mass is 434 g/mol. The van der Waals surface area contributed by atoms with E-state index in [1.54, 1.807) is 6.07 Å². The predicted octanol–water partition coefficient (Wildman–Crippen LogP) is 2.77. The second kappa shape index (κ2) is 8.86. The fourth-order valence-electron chi connectivity index (χ4n) is 4.32. The fourth-order valence-corrected chi connectivity index (χ4v) is 4.32. The predicted molar refractivity (Wildman–Crippen MR) is 119 cm³/mol. The highest BCUT2D eigenvalue weighted by Gasteiger charge is 2.39. The van der Waals surface area contributed by atoms with Crippen LogP contribution >= 0.6 is 0 Å². The second-order valence-electron chi connectivity index (χ2n) is 8.34. The number of nitrogens with zero attached hydrogens (tertiary/aromatic N) is 4. The van der Waals surface area contributed by atoms with Crippen LogP contribution in [0, 0.1) is 0 Å². The third-order valence-electron chi connectivity index (χ3n) is 6.01. The highest BCUT2D eigenvalue weighted by atomic mass is 16.5. The van der Waals surface area contributed by atoms with Gasteiger partial charge in [0.2, 0.25) is 0 Å². The molecule has 0 bridgehead atoms. The Morgan fingerprint density at radius 3 is 2.81 bits per heavy atom. The summed E-state index contributed by atoms with van der Waals surface area (Å²) in [4.78, 5) is 35.4. The second-order valence-corrected chi connectivity index (χ2v) is 8.34. The molecular weight excluding hydrogens is 408 g/mol. The summed E-state index contributed by atoms with van der Waals surface area (Å²) in [5.41, 5.74) is 1.37. The number of piperidine rings is 1. The standard InChI is InChI=1S/C23H26N6O3/c30-22-24-11-10-21(26-22)28-12-4-7-18(15-28)29(17-8-9-17)23(31)25-14-19-13-20(27-32-19)16-5-2-1-3-6-16/h1-3,5-6,10-11,13,17-18H,4,7-9,12,14-15H2,(H,25,31)(H,24,26,30)/t18-/m1/s1. The maximum atomic E-state index is 13.1. The van der Waals surface area contributed by atoms with Gasteiger partial charge in [-0.25, -0.2) is 14.6 Å². The zero-order valence-corrected chi connectivity index (χ0v) is 17.7. The lowest BCUT2D eigenvalue weighted by Gasteiger charge is -2.40. The molecule has 3 heterocycles. The van der Waals surface area contributed by atoms with Crippen molar-refractivity contribution in [2.24, 2.45) is 0 Å². The Morgan fingerprint density at radius 1 is 1.19 bits per heavy atom. The molecular formula is C23H26N6O3. The Hall–Kier alpha value is -3.62. The van der Waals surface area contributed by atoms with Gasteiger partial charge < -0.3 is 19.6 Å². The van der Waals surface area contributed by atoms with E-state index in [1.807, 2.05) is 41.3 Å². The summed E-state index contributed by atoms with van der Waals surface area (Å²) in [5.74, 6) is 1.37. The molecule has 1 aliphatic heterocycles. The molecule has 1 aromatic carbocycles. The summed E-state index contributed by atoms with van der Waals surface area (Å²) in [6, 6.07) is 13.7. The number of benzene rings is 1. The van der Waals surface area contributed by atoms with E-state index in [1.165, 1.54) is 6.20 Å². The Morgan fingerprint density at radius 2 is 2.03 bits per heavy atom. The first kappa shape index (κ1) is 20.3. The lowest BCUT2D eigenvalue weighted by Crippen LogP contribution is -2.54. The fraction of sp³-hybridized carbons (Fsp3) is 0.391. The first-order valence-electron chi connectivity index (χ1n) is 11.0. The van der Waals surface area contributed by atoms with Crippen LogP contribution in [0.3, 0.4) is 0 Å². The van der Waals surface area contributed by atoms with Crippen LogP contribution in [-0.2, 0) is 6.54 Å². The van der Waals surface area contributed by atoms with Crippen LogP contribution < -0.4 is 15.9 Å². The summed E-state index contributed by atoms with van der Waals surface area (Å²) < 4.78 is 5.43. The summed E-state index contributed by atoms with van der Waals surface area (Å²) in [5, 5.41) is 7.13. The topological polar surface area (TPSA) is 107 Å². The van der Waals surface area contributed by atoms with E-state index in [-0.39, 0.29) is 30.3 Å². The normalized spacial score (nSPS) is 18.4. The number of amides is 2. The number of aromatic nitrogens is 3. The number of urea groups is 1. The van der Waals surface area contributed by atoms with Crippen molar-refractivity contribution in [3.05, 3.63) is 64.9 Å². The van der Waals surface area contributed by atoms with E-state index in [9.17, 15) is 9.59 Å². The number of hydrogen-bond donors (Lipinski definition) is 2. The van der Waals surface area contributed by atoms with Gasteiger partial charge in [0.15, 0.2) is 5.76 Å². The minimum atomic E-state index is -0.358. The van der Waals surface area contributed by atoms with Gasteiger partial charge in [0.05, 0.1) is 12.6 Å². The zero-order chi connectivity index (χ0) is 21.9. The van der Waals surface area contributed by atoms with Gasteiger partial charge in [-0.05, 0) is 31.7 Å². The average Bonchev–Trinajstić information content (AvgIpc) is 3.54. The minimum Gasteiger partial charge on any atom is -0.359 e. The van der Waals surface area contributed by atoms with Gasteiger partial charge in [-0.15, -0.1) is 0 Å². The zero-order valence-electron chi connectivity index (χ0n) is 17.7. The van der Waals surface area contributed by atoms with Gasteiger partial charge in [0, 0.05) is 37.0 Å². The SMILES string of the molecule is O=C(NCc1cc(-c2ccccc2)no1)N(C1CC1)[C@@H]1CCCN(c2ccnc(=O)[nH]2)C1. The number of anilines is 1. The quantitative estimate of drug-likeness (QED) is 0.618. The molecule has 2 N–H and O–H groups in total. The largest absolute Gasteiger partial charge is 0.359 e. The van der Waals surface area contributed by atoms with E-state index >= 15 is 0 Å². The highest BCUT2D eigenvalue weighted by Crippen LogP contribution is 2.32. The Kier molecular flexibility index (Phi) is 5.62. The van der Waals surface area contributed by atoms with Crippen molar-refractivity contribution < 1.29 is 9.32 Å². The van der Waals surface area contributed by atoms with E-state index in [4.69, 9.17) is 4.52 Å². The number of hydrogen-bond acceptors (Lipinski definition) is 6. The van der Waals surface area contributed by atoms with Crippen molar-refractivity contribution >= 4 is 11.8 Å².